The summed E-state index contributed by atoms with van der Waals surface area (Å²) < 4.78 is 2.23. The summed E-state index contributed by atoms with van der Waals surface area (Å²) in [6, 6.07) is 14.2. The van der Waals surface area contributed by atoms with E-state index in [4.69, 9.17) is 11.6 Å². The van der Waals surface area contributed by atoms with Crippen LogP contribution >= 0.6 is 50.1 Å². The van der Waals surface area contributed by atoms with Crippen molar-refractivity contribution in [2.45, 2.75) is 6.54 Å². The standard InChI is InChI=1S/C13H10BrClIN/c14-10-3-1-2-9(6-10)8-17-13-5-4-11(16)7-12(13)15/h1-7,17H,8H2. The second-order valence-corrected chi connectivity index (χ2v) is 6.18. The summed E-state index contributed by atoms with van der Waals surface area (Å²) in [4.78, 5) is 0. The largest absolute Gasteiger partial charge is 0.380 e. The van der Waals surface area contributed by atoms with Crippen LogP contribution in [0.15, 0.2) is 46.9 Å². The van der Waals surface area contributed by atoms with E-state index in [-0.39, 0.29) is 0 Å². The third kappa shape index (κ3) is 3.86. The Labute approximate surface area is 128 Å². The van der Waals surface area contributed by atoms with Gasteiger partial charge in [0.1, 0.15) is 0 Å². The highest BCUT2D eigenvalue weighted by molar-refractivity contribution is 14.1. The molecular weight excluding hydrogens is 412 g/mol. The van der Waals surface area contributed by atoms with E-state index in [1.165, 1.54) is 5.56 Å². The number of halogens is 3. The lowest BCUT2D eigenvalue weighted by atomic mass is 10.2. The Balaban J connectivity index is 2.07. The molecule has 0 aromatic heterocycles. The molecule has 0 atom stereocenters. The van der Waals surface area contributed by atoms with Crippen molar-refractivity contribution in [2.75, 3.05) is 5.32 Å². The first-order chi connectivity index (χ1) is 8.15. The molecule has 4 heteroatoms. The zero-order valence-corrected chi connectivity index (χ0v) is 13.4. The molecule has 0 aliphatic carbocycles. The first kappa shape index (κ1) is 13.2. The van der Waals surface area contributed by atoms with Crippen LogP contribution in [0.3, 0.4) is 0 Å². The topological polar surface area (TPSA) is 12.0 Å². The van der Waals surface area contributed by atoms with Gasteiger partial charge in [0.2, 0.25) is 0 Å². The molecule has 1 N–H and O–H groups in total. The molecule has 1 nitrogen and oxygen atoms in total. The van der Waals surface area contributed by atoms with Crippen LogP contribution in [-0.4, -0.2) is 0 Å². The maximum Gasteiger partial charge on any atom is 0.0648 e. The van der Waals surface area contributed by atoms with Gasteiger partial charge in [-0.3, -0.25) is 0 Å². The van der Waals surface area contributed by atoms with Crippen LogP contribution in [-0.2, 0) is 6.54 Å². The van der Waals surface area contributed by atoms with Gasteiger partial charge in [-0.05, 0) is 58.5 Å². The number of benzene rings is 2. The lowest BCUT2D eigenvalue weighted by molar-refractivity contribution is 1.15. The van der Waals surface area contributed by atoms with Gasteiger partial charge in [0.15, 0.2) is 0 Å². The molecule has 0 fully saturated rings. The van der Waals surface area contributed by atoms with Crippen LogP contribution in [0, 0.1) is 3.57 Å². The minimum Gasteiger partial charge on any atom is -0.380 e. The molecule has 0 heterocycles. The van der Waals surface area contributed by atoms with Crippen molar-refractivity contribution in [2.24, 2.45) is 0 Å². The van der Waals surface area contributed by atoms with E-state index in [2.05, 4.69) is 56.0 Å². The summed E-state index contributed by atoms with van der Waals surface area (Å²) in [5.74, 6) is 0. The van der Waals surface area contributed by atoms with Crippen molar-refractivity contribution in [3.05, 3.63) is 61.1 Å². The van der Waals surface area contributed by atoms with Crippen molar-refractivity contribution in [3.63, 3.8) is 0 Å². The van der Waals surface area contributed by atoms with Crippen LogP contribution in [0.1, 0.15) is 5.56 Å². The van der Waals surface area contributed by atoms with Gasteiger partial charge in [-0.1, -0.05) is 39.7 Å². The molecule has 2 aromatic rings. The molecule has 88 valence electrons. The van der Waals surface area contributed by atoms with E-state index in [0.29, 0.717) is 0 Å². The zero-order chi connectivity index (χ0) is 12.3. The smallest absolute Gasteiger partial charge is 0.0648 e. The first-order valence-electron chi connectivity index (χ1n) is 5.08. The molecule has 2 aromatic carbocycles. The number of anilines is 1. The number of hydrogen-bond donors (Lipinski definition) is 1. The Morgan fingerprint density at radius 2 is 2.00 bits per heavy atom. The van der Waals surface area contributed by atoms with E-state index in [1.54, 1.807) is 0 Å². The van der Waals surface area contributed by atoms with Crippen molar-refractivity contribution in [1.29, 1.82) is 0 Å². The van der Waals surface area contributed by atoms with Crippen molar-refractivity contribution < 1.29 is 0 Å². The zero-order valence-electron chi connectivity index (χ0n) is 8.88. The average molecular weight is 422 g/mol. The second-order valence-electron chi connectivity index (χ2n) is 3.61. The van der Waals surface area contributed by atoms with Crippen LogP contribution < -0.4 is 5.32 Å². The van der Waals surface area contributed by atoms with Gasteiger partial charge < -0.3 is 5.32 Å². The summed E-state index contributed by atoms with van der Waals surface area (Å²) in [6.45, 7) is 0.764. The molecule has 0 aliphatic rings. The molecular formula is C13H10BrClIN. The van der Waals surface area contributed by atoms with Gasteiger partial charge in [-0.2, -0.15) is 0 Å². The predicted octanol–water partition coefficient (Wildman–Crippen LogP) is 5.32. The third-order valence-electron chi connectivity index (χ3n) is 2.30. The SMILES string of the molecule is Clc1cc(I)ccc1NCc1cccc(Br)c1. The molecule has 0 aliphatic heterocycles. The maximum absolute atomic E-state index is 6.15. The lowest BCUT2D eigenvalue weighted by Gasteiger charge is -2.09. The Hall–Kier alpha value is -0.260. The minimum atomic E-state index is 0.756. The molecule has 0 unspecified atom stereocenters. The number of rotatable bonds is 3. The molecule has 0 spiro atoms. The van der Waals surface area contributed by atoms with Gasteiger partial charge in [0.05, 0.1) is 10.7 Å². The molecule has 0 saturated heterocycles. The highest BCUT2D eigenvalue weighted by Crippen LogP contribution is 2.24. The Morgan fingerprint density at radius 3 is 2.71 bits per heavy atom. The molecule has 0 radical (unpaired) electrons. The lowest BCUT2D eigenvalue weighted by Crippen LogP contribution is -1.99. The van der Waals surface area contributed by atoms with Gasteiger partial charge in [-0.15, -0.1) is 0 Å². The number of hydrogen-bond acceptors (Lipinski definition) is 1. The summed E-state index contributed by atoms with van der Waals surface area (Å²) in [6.07, 6.45) is 0. The summed E-state index contributed by atoms with van der Waals surface area (Å²) in [5.41, 5.74) is 2.18. The van der Waals surface area contributed by atoms with Crippen LogP contribution in [0.2, 0.25) is 5.02 Å². The highest BCUT2D eigenvalue weighted by atomic mass is 127. The third-order valence-corrected chi connectivity index (χ3v) is 3.78. The van der Waals surface area contributed by atoms with Gasteiger partial charge in [0, 0.05) is 14.6 Å². The minimum absolute atomic E-state index is 0.756. The van der Waals surface area contributed by atoms with Crippen molar-refractivity contribution in [3.8, 4) is 0 Å². The second kappa shape index (κ2) is 6.07. The van der Waals surface area contributed by atoms with Crippen LogP contribution in [0.25, 0.3) is 0 Å². The summed E-state index contributed by atoms with van der Waals surface area (Å²) >= 11 is 11.9. The van der Waals surface area contributed by atoms with Gasteiger partial charge in [-0.25, -0.2) is 0 Å². The fourth-order valence-electron chi connectivity index (χ4n) is 1.48. The highest BCUT2D eigenvalue weighted by Gasteiger charge is 2.00. The van der Waals surface area contributed by atoms with Gasteiger partial charge >= 0.3 is 0 Å². The first-order valence-corrected chi connectivity index (χ1v) is 7.33. The fourth-order valence-corrected chi connectivity index (χ4v) is 2.85. The van der Waals surface area contributed by atoms with Crippen LogP contribution in [0.4, 0.5) is 5.69 Å². The normalized spacial score (nSPS) is 10.3. The monoisotopic (exact) mass is 421 g/mol. The van der Waals surface area contributed by atoms with E-state index in [9.17, 15) is 0 Å². The number of nitrogens with one attached hydrogen (secondary N) is 1. The van der Waals surface area contributed by atoms with E-state index >= 15 is 0 Å². The van der Waals surface area contributed by atoms with E-state index < -0.39 is 0 Å². The predicted molar refractivity (Wildman–Crippen MR) is 85.6 cm³/mol. The molecule has 17 heavy (non-hydrogen) atoms. The summed E-state index contributed by atoms with van der Waals surface area (Å²) in [5, 5.41) is 4.08. The van der Waals surface area contributed by atoms with E-state index in [0.717, 1.165) is 25.3 Å². The Kier molecular flexibility index (Phi) is 4.70. The fraction of sp³-hybridized carbons (Fsp3) is 0.0769. The molecule has 0 amide bonds. The molecule has 0 bridgehead atoms. The molecule has 0 saturated carbocycles. The quantitative estimate of drug-likeness (QED) is 0.661. The maximum atomic E-state index is 6.15. The van der Waals surface area contributed by atoms with Crippen molar-refractivity contribution in [1.82, 2.24) is 0 Å². The van der Waals surface area contributed by atoms with E-state index in [1.807, 2.05) is 30.3 Å². The van der Waals surface area contributed by atoms with Crippen molar-refractivity contribution >= 4 is 55.8 Å². The summed E-state index contributed by atoms with van der Waals surface area (Å²) in [7, 11) is 0. The average Bonchev–Trinajstić information content (AvgIpc) is 2.28. The van der Waals surface area contributed by atoms with Gasteiger partial charge in [0.25, 0.3) is 0 Å². The Morgan fingerprint density at radius 1 is 1.18 bits per heavy atom. The van der Waals surface area contributed by atoms with Crippen LogP contribution in [0.5, 0.6) is 0 Å². The Bertz CT molecular complexity index is 531. The molecule has 2 rings (SSSR count).